The summed E-state index contributed by atoms with van der Waals surface area (Å²) in [5, 5.41) is 10.4. The normalized spacial score (nSPS) is 15.9. The number of thiazole rings is 1. The van der Waals surface area contributed by atoms with Crippen molar-refractivity contribution < 1.29 is 4.74 Å². The molecule has 142 valence electrons. The Bertz CT molecular complexity index is 1040. The highest BCUT2D eigenvalue weighted by Crippen LogP contribution is 2.40. The zero-order valence-corrected chi connectivity index (χ0v) is 17.3. The molecule has 0 radical (unpaired) electrons. The number of aromatic nitrogens is 1. The summed E-state index contributed by atoms with van der Waals surface area (Å²) < 4.78 is 5.73. The van der Waals surface area contributed by atoms with E-state index in [0.29, 0.717) is 17.2 Å². The van der Waals surface area contributed by atoms with Crippen LogP contribution in [0.3, 0.4) is 0 Å². The predicted molar refractivity (Wildman–Crippen MR) is 115 cm³/mol. The molecule has 4 rings (SSSR count). The summed E-state index contributed by atoms with van der Waals surface area (Å²) in [5.41, 5.74) is 5.79. The lowest BCUT2D eigenvalue weighted by atomic mass is 9.81. The number of nitrogens with zero attached hydrogens (tertiary/aromatic N) is 2. The molecule has 1 atom stereocenters. The van der Waals surface area contributed by atoms with Crippen LogP contribution in [-0.2, 0) is 6.42 Å². The molecule has 1 unspecified atom stereocenters. The van der Waals surface area contributed by atoms with Gasteiger partial charge in [-0.1, -0.05) is 25.1 Å². The van der Waals surface area contributed by atoms with Crippen LogP contribution in [0.1, 0.15) is 56.2 Å². The Kier molecular flexibility index (Phi) is 5.19. The van der Waals surface area contributed by atoms with Gasteiger partial charge in [0, 0.05) is 11.8 Å². The highest BCUT2D eigenvalue weighted by atomic mass is 32.1. The van der Waals surface area contributed by atoms with Gasteiger partial charge in [-0.05, 0) is 73.9 Å². The average Bonchev–Trinajstić information content (AvgIpc) is 3.18. The van der Waals surface area contributed by atoms with Crippen molar-refractivity contribution in [3.05, 3.63) is 59.3 Å². The molecule has 2 aromatic carbocycles. The summed E-state index contributed by atoms with van der Waals surface area (Å²) in [6.45, 7) is 6.25. The lowest BCUT2D eigenvalue weighted by Gasteiger charge is -2.24. The van der Waals surface area contributed by atoms with Gasteiger partial charge < -0.3 is 4.74 Å². The van der Waals surface area contributed by atoms with Crippen molar-refractivity contribution in [1.29, 1.82) is 5.26 Å². The largest absolute Gasteiger partial charge is 0.490 e. The van der Waals surface area contributed by atoms with Crippen LogP contribution >= 0.6 is 11.3 Å². The molecule has 1 aromatic heterocycles. The number of hydrogen-bond donors (Lipinski definition) is 0. The molecule has 0 amide bonds. The third-order valence-electron chi connectivity index (χ3n) is 5.29. The third-order valence-corrected chi connectivity index (χ3v) is 6.37. The van der Waals surface area contributed by atoms with Crippen molar-refractivity contribution in [2.45, 2.75) is 52.1 Å². The molecular formula is C24H24N2OS. The van der Waals surface area contributed by atoms with Gasteiger partial charge >= 0.3 is 0 Å². The van der Waals surface area contributed by atoms with Gasteiger partial charge in [0.1, 0.15) is 16.8 Å². The van der Waals surface area contributed by atoms with Crippen molar-refractivity contribution in [3.8, 4) is 32.8 Å². The summed E-state index contributed by atoms with van der Waals surface area (Å²) in [4.78, 5) is 5.86. The predicted octanol–water partition coefficient (Wildman–Crippen LogP) is 6.58. The number of fused-ring (bicyclic) bond motifs is 1. The van der Waals surface area contributed by atoms with E-state index in [2.05, 4.69) is 36.2 Å². The summed E-state index contributed by atoms with van der Waals surface area (Å²) >= 11 is 1.69. The van der Waals surface area contributed by atoms with Crippen LogP contribution in [0.15, 0.2) is 42.6 Å². The van der Waals surface area contributed by atoms with Crippen molar-refractivity contribution in [1.82, 2.24) is 4.98 Å². The average molecular weight is 389 g/mol. The molecule has 0 fully saturated rings. The molecular weight excluding hydrogens is 364 g/mol. The second-order valence-corrected chi connectivity index (χ2v) is 8.72. The Hall–Kier alpha value is -2.64. The minimum absolute atomic E-state index is 0.0380. The van der Waals surface area contributed by atoms with Gasteiger partial charge in [-0.3, -0.25) is 0 Å². The van der Waals surface area contributed by atoms with Crippen molar-refractivity contribution in [2.24, 2.45) is 0 Å². The van der Waals surface area contributed by atoms with Gasteiger partial charge in [0.2, 0.25) is 0 Å². The maximum absolute atomic E-state index is 9.50. The van der Waals surface area contributed by atoms with E-state index in [0.717, 1.165) is 17.0 Å². The highest BCUT2D eigenvalue weighted by molar-refractivity contribution is 7.18. The van der Waals surface area contributed by atoms with Gasteiger partial charge in [0.25, 0.3) is 0 Å². The number of ether oxygens (including phenoxy) is 1. The molecule has 1 aliphatic carbocycles. The molecule has 0 N–H and O–H groups in total. The lowest BCUT2D eigenvalue weighted by Crippen LogP contribution is -2.07. The van der Waals surface area contributed by atoms with Gasteiger partial charge in [0.15, 0.2) is 0 Å². The molecule has 3 nitrogen and oxygen atoms in total. The van der Waals surface area contributed by atoms with Crippen LogP contribution in [0, 0.1) is 11.3 Å². The highest BCUT2D eigenvalue weighted by Gasteiger charge is 2.20. The molecule has 0 bridgehead atoms. The first-order chi connectivity index (χ1) is 13.6. The minimum Gasteiger partial charge on any atom is -0.490 e. The van der Waals surface area contributed by atoms with E-state index in [1.807, 2.05) is 38.2 Å². The summed E-state index contributed by atoms with van der Waals surface area (Å²) in [6, 6.07) is 14.7. The zero-order chi connectivity index (χ0) is 19.7. The van der Waals surface area contributed by atoms with Gasteiger partial charge in [-0.25, -0.2) is 4.98 Å². The Morgan fingerprint density at radius 2 is 2.11 bits per heavy atom. The van der Waals surface area contributed by atoms with E-state index in [4.69, 9.17) is 4.74 Å². The maximum atomic E-state index is 9.50. The first-order valence-corrected chi connectivity index (χ1v) is 10.7. The fourth-order valence-corrected chi connectivity index (χ4v) is 4.92. The first kappa shape index (κ1) is 18.7. The molecule has 0 aliphatic heterocycles. The summed E-state index contributed by atoms with van der Waals surface area (Å²) in [5.74, 6) is 1.26. The third kappa shape index (κ3) is 3.55. The molecule has 1 heterocycles. The van der Waals surface area contributed by atoms with Crippen LogP contribution in [-0.4, -0.2) is 11.1 Å². The number of rotatable bonds is 4. The van der Waals surface area contributed by atoms with Crippen molar-refractivity contribution in [2.75, 3.05) is 0 Å². The monoisotopic (exact) mass is 388 g/mol. The van der Waals surface area contributed by atoms with E-state index < -0.39 is 0 Å². The van der Waals surface area contributed by atoms with Crippen LogP contribution in [0.25, 0.3) is 21.0 Å². The summed E-state index contributed by atoms with van der Waals surface area (Å²) in [6.07, 6.45) is 5.67. The van der Waals surface area contributed by atoms with Crippen LogP contribution < -0.4 is 4.74 Å². The van der Waals surface area contributed by atoms with Crippen molar-refractivity contribution >= 4 is 11.3 Å². The topological polar surface area (TPSA) is 45.9 Å². The van der Waals surface area contributed by atoms with E-state index in [9.17, 15) is 5.26 Å². The Morgan fingerprint density at radius 1 is 1.25 bits per heavy atom. The second kappa shape index (κ2) is 7.77. The van der Waals surface area contributed by atoms with Crippen LogP contribution in [0.5, 0.6) is 5.75 Å². The zero-order valence-electron chi connectivity index (χ0n) is 16.5. The SMILES string of the molecule is CC(C)Oc1ccc(-c2ncc(-c3cccc4c3CCCC4C)s2)cc1C#N. The first-order valence-electron chi connectivity index (χ1n) is 9.86. The number of nitriles is 1. The van der Waals surface area contributed by atoms with E-state index in [-0.39, 0.29) is 6.10 Å². The van der Waals surface area contributed by atoms with Gasteiger partial charge in [-0.2, -0.15) is 5.26 Å². The lowest BCUT2D eigenvalue weighted by molar-refractivity contribution is 0.242. The number of benzene rings is 2. The smallest absolute Gasteiger partial charge is 0.137 e. The molecule has 3 aromatic rings. The van der Waals surface area contributed by atoms with Crippen LogP contribution in [0.2, 0.25) is 0 Å². The van der Waals surface area contributed by atoms with E-state index >= 15 is 0 Å². The molecule has 28 heavy (non-hydrogen) atoms. The van der Waals surface area contributed by atoms with Crippen LogP contribution in [0.4, 0.5) is 0 Å². The fourth-order valence-electron chi connectivity index (χ4n) is 3.96. The molecule has 4 heteroatoms. The van der Waals surface area contributed by atoms with Gasteiger partial charge in [-0.15, -0.1) is 11.3 Å². The Morgan fingerprint density at radius 3 is 2.89 bits per heavy atom. The Labute approximate surface area is 170 Å². The maximum Gasteiger partial charge on any atom is 0.137 e. The fraction of sp³-hybridized carbons (Fsp3) is 0.333. The molecule has 1 aliphatic rings. The van der Waals surface area contributed by atoms with E-state index in [1.165, 1.54) is 34.4 Å². The quantitative estimate of drug-likeness (QED) is 0.507. The molecule has 0 saturated carbocycles. The molecule has 0 saturated heterocycles. The minimum atomic E-state index is 0.0380. The summed E-state index contributed by atoms with van der Waals surface area (Å²) in [7, 11) is 0. The van der Waals surface area contributed by atoms with E-state index in [1.54, 1.807) is 11.3 Å². The Balaban J connectivity index is 1.70. The standard InChI is InChI=1S/C24H24N2OS/c1-15(2)27-22-11-10-17(12-18(22)13-25)24-26-14-23(28-24)21-9-5-7-19-16(3)6-4-8-20(19)21/h5,7,9-12,14-16H,4,6,8H2,1-3H3. The second-order valence-electron chi connectivity index (χ2n) is 7.69. The van der Waals surface area contributed by atoms with Gasteiger partial charge in [0.05, 0.1) is 16.5 Å². The van der Waals surface area contributed by atoms with Crippen molar-refractivity contribution in [3.63, 3.8) is 0 Å². The molecule has 0 spiro atoms. The number of hydrogen-bond acceptors (Lipinski definition) is 4.